The number of carbonyl (C=O) groups is 1. The number of hydrogen-bond donors (Lipinski definition) is 2. The monoisotopic (exact) mass is 417 g/mol. The Bertz CT molecular complexity index is 731. The minimum absolute atomic E-state index is 0.0915. The van der Waals surface area contributed by atoms with Crippen LogP contribution < -0.4 is 5.73 Å². The van der Waals surface area contributed by atoms with Crippen molar-refractivity contribution < 1.29 is 22.7 Å². The Morgan fingerprint density at radius 3 is 2.71 bits per heavy atom. The molecular weight excluding hydrogens is 395 g/mol. The summed E-state index contributed by atoms with van der Waals surface area (Å²) in [6, 6.07) is 6.90. The van der Waals surface area contributed by atoms with Gasteiger partial charge in [0.05, 0.1) is 0 Å². The largest absolute Gasteiger partial charge is 0.430 e. The van der Waals surface area contributed by atoms with Crippen molar-refractivity contribution in [2.45, 2.75) is 32.0 Å². The molecule has 1 aromatic carbocycles. The Morgan fingerprint density at radius 2 is 2.11 bits per heavy atom. The third-order valence-electron chi connectivity index (χ3n) is 4.53. The predicted molar refractivity (Wildman–Crippen MR) is 101 cm³/mol. The summed E-state index contributed by atoms with van der Waals surface area (Å²) in [5, 5.41) is 8.22. The lowest BCUT2D eigenvalue weighted by molar-refractivity contribution is -0.125. The fourth-order valence-corrected chi connectivity index (χ4v) is 3.12. The highest BCUT2D eigenvalue weighted by molar-refractivity contribution is 6.42. The van der Waals surface area contributed by atoms with Crippen LogP contribution in [0.2, 0.25) is 5.02 Å². The summed E-state index contributed by atoms with van der Waals surface area (Å²) in [4.78, 5) is 14.0. The van der Waals surface area contributed by atoms with Crippen LogP contribution in [0.1, 0.15) is 24.8 Å². The second-order valence-corrected chi connectivity index (χ2v) is 7.11. The van der Waals surface area contributed by atoms with Gasteiger partial charge in [-0.05, 0) is 42.9 Å². The maximum absolute atomic E-state index is 12.7. The van der Waals surface area contributed by atoms with E-state index >= 15 is 0 Å². The molecule has 3 N–H and O–H groups in total. The van der Waals surface area contributed by atoms with Crippen molar-refractivity contribution in [3.63, 3.8) is 0 Å². The molecule has 1 unspecified atom stereocenters. The highest BCUT2D eigenvalue weighted by Gasteiger charge is 2.32. The first-order valence-electron chi connectivity index (χ1n) is 8.92. The van der Waals surface area contributed by atoms with Crippen molar-refractivity contribution in [1.29, 1.82) is 5.41 Å². The van der Waals surface area contributed by atoms with Crippen molar-refractivity contribution in [2.24, 2.45) is 11.7 Å². The predicted octanol–water partition coefficient (Wildman–Crippen LogP) is 3.91. The zero-order valence-corrected chi connectivity index (χ0v) is 16.0. The molecule has 0 aromatic heterocycles. The molecule has 1 atom stereocenters. The topological polar surface area (TPSA) is 79.4 Å². The first-order valence-corrected chi connectivity index (χ1v) is 9.29. The molecular formula is C19H23ClF3N3O2. The number of carbonyl (C=O) groups excluding carboxylic acids is 1. The molecule has 1 heterocycles. The Kier molecular flexibility index (Phi) is 7.88. The number of nitrogens with two attached hydrogens (primary N) is 1. The molecule has 1 saturated heterocycles. The lowest BCUT2D eigenvalue weighted by Crippen LogP contribution is -2.38. The van der Waals surface area contributed by atoms with Crippen LogP contribution in [0, 0.1) is 11.3 Å². The molecule has 1 aromatic rings. The second-order valence-electron chi connectivity index (χ2n) is 6.70. The van der Waals surface area contributed by atoms with E-state index in [4.69, 9.17) is 27.5 Å². The van der Waals surface area contributed by atoms with Gasteiger partial charge < -0.3 is 15.4 Å². The number of rotatable bonds is 7. The second kappa shape index (κ2) is 9.93. The van der Waals surface area contributed by atoms with Crippen molar-refractivity contribution in [3.8, 4) is 0 Å². The van der Waals surface area contributed by atoms with Crippen LogP contribution in [0.15, 0.2) is 36.0 Å². The lowest BCUT2D eigenvalue weighted by Gasteiger charge is -2.27. The maximum Gasteiger partial charge on any atom is 0.430 e. The van der Waals surface area contributed by atoms with Gasteiger partial charge in [-0.1, -0.05) is 29.8 Å². The Balaban J connectivity index is 2.14. The molecule has 5 nitrogen and oxygen atoms in total. The van der Waals surface area contributed by atoms with Gasteiger partial charge in [0.25, 0.3) is 5.91 Å². The van der Waals surface area contributed by atoms with E-state index in [9.17, 15) is 18.0 Å². The van der Waals surface area contributed by atoms with Gasteiger partial charge in [0.2, 0.25) is 0 Å². The fourth-order valence-electron chi connectivity index (χ4n) is 2.93. The molecule has 0 radical (unpaired) electrons. The van der Waals surface area contributed by atoms with Crippen LogP contribution in [0.3, 0.4) is 0 Å². The number of ether oxygens (including phenoxy) is 1. The highest BCUT2D eigenvalue weighted by atomic mass is 35.5. The molecule has 0 saturated carbocycles. The molecule has 154 valence electrons. The minimum atomic E-state index is -4.79. The van der Waals surface area contributed by atoms with Crippen LogP contribution in [-0.2, 0) is 16.1 Å². The summed E-state index contributed by atoms with van der Waals surface area (Å²) in [5.41, 5.74) is 3.29. The molecule has 0 aliphatic carbocycles. The molecule has 0 bridgehead atoms. The van der Waals surface area contributed by atoms with E-state index in [2.05, 4.69) is 0 Å². The molecule has 0 spiro atoms. The average Bonchev–Trinajstić information content (AvgIpc) is 2.66. The zero-order valence-electron chi connectivity index (χ0n) is 15.3. The molecule has 1 aliphatic heterocycles. The van der Waals surface area contributed by atoms with Crippen LogP contribution in [0.4, 0.5) is 13.2 Å². The Labute approximate surface area is 166 Å². The highest BCUT2D eigenvalue weighted by Crippen LogP contribution is 2.23. The van der Waals surface area contributed by atoms with Gasteiger partial charge in [-0.15, -0.1) is 0 Å². The maximum atomic E-state index is 12.7. The van der Waals surface area contributed by atoms with E-state index in [0.29, 0.717) is 36.3 Å². The summed E-state index contributed by atoms with van der Waals surface area (Å²) in [6.07, 6.45) is -1.91. The quantitative estimate of drug-likeness (QED) is 0.660. The van der Waals surface area contributed by atoms with E-state index < -0.39 is 23.5 Å². The van der Waals surface area contributed by atoms with Crippen LogP contribution in [-0.4, -0.2) is 42.5 Å². The number of amides is 1. The number of hydrogen-bond acceptors (Lipinski definition) is 4. The molecule has 9 heteroatoms. The third kappa shape index (κ3) is 6.53. The Morgan fingerprint density at radius 1 is 1.39 bits per heavy atom. The summed E-state index contributed by atoms with van der Waals surface area (Å²) in [7, 11) is 0. The smallest absolute Gasteiger partial charge is 0.395 e. The van der Waals surface area contributed by atoms with Gasteiger partial charge in [-0.2, -0.15) is 13.2 Å². The standard InChI is InChI=1S/C19H23ClF3N3O2/c20-15-6-2-1-5-14(15)11-26(8-7-13-4-3-9-28-12-13)18(27)16(24)10-17(25)19(21,22)23/h1-2,5-6,10,13,24H,3-4,7-9,11-12,25H2. The molecule has 1 amide bonds. The zero-order chi connectivity index (χ0) is 20.7. The van der Waals surface area contributed by atoms with E-state index in [-0.39, 0.29) is 19.0 Å². The molecule has 1 aliphatic rings. The number of nitrogens with zero attached hydrogens (tertiary/aromatic N) is 1. The SMILES string of the molecule is N=C(C=C(N)C(F)(F)F)C(=O)N(CCC1CCCOC1)Cc1ccccc1Cl. The van der Waals surface area contributed by atoms with Gasteiger partial charge in [-0.25, -0.2) is 0 Å². The lowest BCUT2D eigenvalue weighted by atomic mass is 9.98. The van der Waals surface area contributed by atoms with Crippen LogP contribution in [0.5, 0.6) is 0 Å². The Hall–Kier alpha value is -2.06. The van der Waals surface area contributed by atoms with E-state index in [1.807, 2.05) is 0 Å². The summed E-state index contributed by atoms with van der Waals surface area (Å²) < 4.78 is 43.3. The van der Waals surface area contributed by atoms with Crippen molar-refractivity contribution in [1.82, 2.24) is 4.90 Å². The molecule has 28 heavy (non-hydrogen) atoms. The third-order valence-corrected chi connectivity index (χ3v) is 4.89. The average molecular weight is 418 g/mol. The van der Waals surface area contributed by atoms with Crippen LogP contribution >= 0.6 is 11.6 Å². The number of nitrogens with one attached hydrogen (secondary N) is 1. The van der Waals surface area contributed by atoms with E-state index in [1.165, 1.54) is 4.90 Å². The first kappa shape index (κ1) is 22.2. The fraction of sp³-hybridized carbons (Fsp3) is 0.474. The first-order chi connectivity index (χ1) is 13.2. The molecule has 2 rings (SSSR count). The van der Waals surface area contributed by atoms with Gasteiger partial charge in [0, 0.05) is 31.3 Å². The van der Waals surface area contributed by atoms with E-state index in [1.54, 1.807) is 24.3 Å². The summed E-state index contributed by atoms with van der Waals surface area (Å²) in [6.45, 7) is 1.67. The number of halogens is 4. The van der Waals surface area contributed by atoms with Gasteiger partial charge in [0.1, 0.15) is 11.4 Å². The summed E-state index contributed by atoms with van der Waals surface area (Å²) >= 11 is 6.15. The van der Waals surface area contributed by atoms with Gasteiger partial charge in [-0.3, -0.25) is 10.2 Å². The van der Waals surface area contributed by atoms with Crippen molar-refractivity contribution >= 4 is 23.2 Å². The van der Waals surface area contributed by atoms with Crippen LogP contribution in [0.25, 0.3) is 0 Å². The van der Waals surface area contributed by atoms with Gasteiger partial charge >= 0.3 is 6.18 Å². The number of benzene rings is 1. The molecule has 1 fully saturated rings. The normalized spacial score (nSPS) is 18.0. The van der Waals surface area contributed by atoms with Crippen molar-refractivity contribution in [2.75, 3.05) is 19.8 Å². The minimum Gasteiger partial charge on any atom is -0.395 e. The number of allylic oxidation sites excluding steroid dienone is 1. The van der Waals surface area contributed by atoms with Crippen molar-refractivity contribution in [3.05, 3.63) is 46.6 Å². The van der Waals surface area contributed by atoms with Gasteiger partial charge in [0.15, 0.2) is 0 Å². The number of alkyl halides is 3. The summed E-state index contributed by atoms with van der Waals surface area (Å²) in [5.74, 6) is -0.566. The van der Waals surface area contributed by atoms with E-state index in [0.717, 1.165) is 12.8 Å².